The molecule has 0 unspecified atom stereocenters. The first kappa shape index (κ1) is 9.49. The van der Waals surface area contributed by atoms with Gasteiger partial charge in [-0.3, -0.25) is 10.1 Å². The summed E-state index contributed by atoms with van der Waals surface area (Å²) in [6, 6.07) is -0.651. The first-order chi connectivity index (χ1) is 6.62. The average Bonchev–Trinajstić information content (AvgIpc) is 2.47. The van der Waals surface area contributed by atoms with Crippen molar-refractivity contribution in [1.82, 2.24) is 10.6 Å². The van der Waals surface area contributed by atoms with Gasteiger partial charge < -0.3 is 5.32 Å². The smallest absolute Gasteiger partial charge is 0.322 e. The van der Waals surface area contributed by atoms with E-state index in [1.165, 1.54) is 6.42 Å². The quantitative estimate of drug-likeness (QED) is 0.618. The number of amides is 3. The molecule has 2 rings (SSSR count). The van der Waals surface area contributed by atoms with Gasteiger partial charge in [-0.2, -0.15) is 0 Å². The van der Waals surface area contributed by atoms with Crippen molar-refractivity contribution in [3.63, 3.8) is 0 Å². The van der Waals surface area contributed by atoms with E-state index in [0.29, 0.717) is 0 Å². The normalized spacial score (nSPS) is 31.1. The van der Waals surface area contributed by atoms with Gasteiger partial charge in [0.1, 0.15) is 6.04 Å². The molecule has 4 heteroatoms. The molecule has 0 aromatic heterocycles. The van der Waals surface area contributed by atoms with Crippen LogP contribution in [0.4, 0.5) is 4.79 Å². The van der Waals surface area contributed by atoms with Crippen LogP contribution in [0.5, 0.6) is 0 Å². The molecular weight excluding hydrogens is 180 g/mol. The molecule has 78 valence electrons. The van der Waals surface area contributed by atoms with Crippen LogP contribution >= 0.6 is 0 Å². The molecule has 0 aromatic rings. The molecule has 0 bridgehead atoms. The van der Waals surface area contributed by atoms with E-state index < -0.39 is 0 Å². The molecule has 1 heterocycles. The Balaban J connectivity index is 2.12. The highest BCUT2D eigenvalue weighted by Gasteiger charge is 2.44. The number of urea groups is 1. The van der Waals surface area contributed by atoms with Crippen molar-refractivity contribution in [1.29, 1.82) is 0 Å². The van der Waals surface area contributed by atoms with Gasteiger partial charge in [-0.15, -0.1) is 0 Å². The summed E-state index contributed by atoms with van der Waals surface area (Å²) in [5.74, 6) is -0.153. The van der Waals surface area contributed by atoms with E-state index >= 15 is 0 Å². The molecule has 4 nitrogen and oxygen atoms in total. The van der Waals surface area contributed by atoms with Gasteiger partial charge in [0.2, 0.25) is 0 Å². The lowest BCUT2D eigenvalue weighted by Crippen LogP contribution is -2.45. The molecule has 0 spiro atoms. The molecule has 0 radical (unpaired) electrons. The van der Waals surface area contributed by atoms with Crippen molar-refractivity contribution in [3.8, 4) is 0 Å². The van der Waals surface area contributed by atoms with Crippen LogP contribution in [0.1, 0.15) is 39.0 Å². The van der Waals surface area contributed by atoms with E-state index in [2.05, 4.69) is 17.6 Å². The lowest BCUT2D eigenvalue weighted by molar-refractivity contribution is -0.123. The highest BCUT2D eigenvalue weighted by Crippen LogP contribution is 2.39. The van der Waals surface area contributed by atoms with Crippen LogP contribution in [0.25, 0.3) is 0 Å². The first-order valence-corrected chi connectivity index (χ1v) is 5.23. The van der Waals surface area contributed by atoms with Crippen molar-refractivity contribution < 1.29 is 9.59 Å². The minimum absolute atomic E-state index is 0.0332. The number of nitrogens with one attached hydrogen (secondary N) is 2. The Morgan fingerprint density at radius 1 is 1.21 bits per heavy atom. The lowest BCUT2D eigenvalue weighted by Gasteiger charge is -2.36. The second-order valence-corrected chi connectivity index (χ2v) is 4.61. The fraction of sp³-hybridized carbons (Fsp3) is 0.800. The average molecular weight is 196 g/mol. The van der Waals surface area contributed by atoms with Gasteiger partial charge in [0.15, 0.2) is 0 Å². The van der Waals surface area contributed by atoms with Gasteiger partial charge >= 0.3 is 6.03 Å². The zero-order valence-corrected chi connectivity index (χ0v) is 8.43. The molecule has 2 fully saturated rings. The van der Waals surface area contributed by atoms with Gasteiger partial charge in [0.05, 0.1) is 0 Å². The van der Waals surface area contributed by atoms with E-state index in [-0.39, 0.29) is 23.4 Å². The predicted octanol–water partition coefficient (Wildman–Crippen LogP) is 1.16. The van der Waals surface area contributed by atoms with E-state index in [4.69, 9.17) is 0 Å². The summed E-state index contributed by atoms with van der Waals surface area (Å²) in [4.78, 5) is 22.5. The van der Waals surface area contributed by atoms with Gasteiger partial charge in [-0.25, -0.2) is 4.79 Å². The van der Waals surface area contributed by atoms with Crippen molar-refractivity contribution in [2.45, 2.75) is 45.1 Å². The summed E-state index contributed by atoms with van der Waals surface area (Å²) in [5, 5.41) is 5.01. The monoisotopic (exact) mass is 196 g/mol. The van der Waals surface area contributed by atoms with Gasteiger partial charge in [-0.05, 0) is 18.3 Å². The Morgan fingerprint density at radius 3 is 2.36 bits per heavy atom. The van der Waals surface area contributed by atoms with E-state index in [9.17, 15) is 9.59 Å². The second-order valence-electron chi connectivity index (χ2n) is 4.61. The minimum Gasteiger partial charge on any atom is -0.325 e. The van der Waals surface area contributed by atoms with Crippen LogP contribution in [0.3, 0.4) is 0 Å². The third-order valence-corrected chi connectivity index (χ3v) is 3.47. The fourth-order valence-electron chi connectivity index (χ4n) is 2.56. The predicted molar refractivity (Wildman–Crippen MR) is 51.7 cm³/mol. The van der Waals surface area contributed by atoms with Crippen molar-refractivity contribution >= 4 is 11.9 Å². The van der Waals surface area contributed by atoms with Crippen LogP contribution in [0.2, 0.25) is 0 Å². The summed E-state index contributed by atoms with van der Waals surface area (Å²) < 4.78 is 0. The maximum Gasteiger partial charge on any atom is 0.322 e. The van der Waals surface area contributed by atoms with Crippen molar-refractivity contribution in [3.05, 3.63) is 0 Å². The third-order valence-electron chi connectivity index (χ3n) is 3.47. The standard InChI is InChI=1S/C10H16N2O2/c1-10(5-3-2-4-6-10)7-8(13)12-9(14)11-7/h7H,2-6H2,1H3,(H2,11,12,13,14)/t7-/m1/s1. The van der Waals surface area contributed by atoms with Gasteiger partial charge in [0, 0.05) is 0 Å². The number of carbonyl (C=O) groups excluding carboxylic acids is 2. The Bertz CT molecular complexity index is 269. The highest BCUT2D eigenvalue weighted by molar-refractivity contribution is 6.04. The van der Waals surface area contributed by atoms with Crippen LogP contribution in [0, 0.1) is 5.41 Å². The molecule has 1 saturated heterocycles. The Morgan fingerprint density at radius 2 is 1.86 bits per heavy atom. The van der Waals surface area contributed by atoms with E-state index in [0.717, 1.165) is 25.7 Å². The molecule has 1 atom stereocenters. The number of imide groups is 1. The van der Waals surface area contributed by atoms with Crippen LogP contribution < -0.4 is 10.6 Å². The summed E-state index contributed by atoms with van der Waals surface area (Å²) in [5.41, 5.74) is -0.0332. The fourth-order valence-corrected chi connectivity index (χ4v) is 2.56. The number of rotatable bonds is 1. The van der Waals surface area contributed by atoms with Crippen LogP contribution in [0.15, 0.2) is 0 Å². The van der Waals surface area contributed by atoms with Gasteiger partial charge in [0.25, 0.3) is 5.91 Å². The molecule has 3 amide bonds. The maximum atomic E-state index is 11.5. The zero-order valence-electron chi connectivity index (χ0n) is 8.43. The highest BCUT2D eigenvalue weighted by atomic mass is 16.2. The number of carbonyl (C=O) groups is 2. The maximum absolute atomic E-state index is 11.5. The van der Waals surface area contributed by atoms with Crippen molar-refractivity contribution in [2.24, 2.45) is 5.41 Å². The largest absolute Gasteiger partial charge is 0.325 e. The summed E-state index contributed by atoms with van der Waals surface area (Å²) in [7, 11) is 0. The second kappa shape index (κ2) is 3.26. The summed E-state index contributed by atoms with van der Waals surface area (Å²) >= 11 is 0. The van der Waals surface area contributed by atoms with Crippen LogP contribution in [-0.4, -0.2) is 18.0 Å². The molecule has 0 aromatic carbocycles. The Labute approximate surface area is 83.4 Å². The molecule has 14 heavy (non-hydrogen) atoms. The van der Waals surface area contributed by atoms with E-state index in [1.807, 2.05) is 0 Å². The lowest BCUT2D eigenvalue weighted by atomic mass is 9.70. The van der Waals surface area contributed by atoms with E-state index in [1.54, 1.807) is 0 Å². The molecular formula is C10H16N2O2. The number of hydrogen-bond donors (Lipinski definition) is 2. The topological polar surface area (TPSA) is 58.2 Å². The Hall–Kier alpha value is -1.06. The summed E-state index contributed by atoms with van der Waals surface area (Å²) in [6.07, 6.45) is 5.64. The number of hydrogen-bond acceptors (Lipinski definition) is 2. The molecule has 1 aliphatic heterocycles. The van der Waals surface area contributed by atoms with Crippen LogP contribution in [-0.2, 0) is 4.79 Å². The molecule has 2 N–H and O–H groups in total. The molecule has 2 aliphatic rings. The molecule has 1 aliphatic carbocycles. The molecule has 1 saturated carbocycles. The first-order valence-electron chi connectivity index (χ1n) is 5.23. The Kier molecular flexibility index (Phi) is 2.21. The third kappa shape index (κ3) is 1.49. The van der Waals surface area contributed by atoms with Gasteiger partial charge in [-0.1, -0.05) is 26.2 Å². The minimum atomic E-state index is -0.341. The van der Waals surface area contributed by atoms with Crippen molar-refractivity contribution in [2.75, 3.05) is 0 Å². The summed E-state index contributed by atoms with van der Waals surface area (Å²) in [6.45, 7) is 2.10. The zero-order chi connectivity index (χ0) is 10.2. The SMILES string of the molecule is CC1([C@@H]2NC(=O)NC2=O)CCCCC1.